The fourth-order valence-corrected chi connectivity index (χ4v) is 4.99. The summed E-state index contributed by atoms with van der Waals surface area (Å²) >= 11 is 12.4. The molecule has 0 unspecified atom stereocenters. The van der Waals surface area contributed by atoms with Crippen molar-refractivity contribution in [3.63, 3.8) is 0 Å². The molecule has 174 valence electrons. The fraction of sp³-hybridized carbons (Fsp3) is 0.400. The molecular weight excluding hydrogens is 461 g/mol. The Hall–Kier alpha value is -2.59. The number of nitrogens with two attached hydrogens (primary N) is 1. The second kappa shape index (κ2) is 10.6. The highest BCUT2D eigenvalue weighted by Crippen LogP contribution is 2.50. The van der Waals surface area contributed by atoms with Crippen LogP contribution < -0.4 is 11.1 Å². The van der Waals surface area contributed by atoms with Gasteiger partial charge in [-0.25, -0.2) is 0 Å². The van der Waals surface area contributed by atoms with Gasteiger partial charge in [-0.1, -0.05) is 61.3 Å². The van der Waals surface area contributed by atoms with Crippen molar-refractivity contribution in [1.29, 1.82) is 5.26 Å². The zero-order valence-electron chi connectivity index (χ0n) is 18.6. The highest BCUT2D eigenvalue weighted by atomic mass is 35.5. The van der Waals surface area contributed by atoms with Gasteiger partial charge >= 0.3 is 5.97 Å². The molecule has 33 heavy (non-hydrogen) atoms. The van der Waals surface area contributed by atoms with Crippen LogP contribution in [-0.4, -0.2) is 30.6 Å². The molecule has 3 N–H and O–H groups in total. The van der Waals surface area contributed by atoms with Crippen molar-refractivity contribution in [2.24, 2.45) is 11.7 Å². The smallest absolute Gasteiger partial charge is 0.323 e. The Morgan fingerprint density at radius 1 is 1.18 bits per heavy atom. The van der Waals surface area contributed by atoms with Crippen molar-refractivity contribution < 1.29 is 14.3 Å². The molecule has 0 aliphatic carbocycles. The van der Waals surface area contributed by atoms with Crippen LogP contribution in [0.15, 0.2) is 48.5 Å². The summed E-state index contributed by atoms with van der Waals surface area (Å²) in [7, 11) is 0. The van der Waals surface area contributed by atoms with E-state index in [9.17, 15) is 14.9 Å². The van der Waals surface area contributed by atoms with Crippen LogP contribution in [0.3, 0.4) is 0 Å². The summed E-state index contributed by atoms with van der Waals surface area (Å²) in [6, 6.07) is 15.7. The van der Waals surface area contributed by atoms with Gasteiger partial charge in [0.25, 0.3) is 0 Å². The first-order valence-electron chi connectivity index (χ1n) is 10.8. The largest absolute Gasteiger partial charge is 0.464 e. The standard InChI is InChI=1S/C25H27Cl2N3O3/c1-15(2)12-20-25(14-28,17-6-8-18(26)9-7-17)22(16-4-3-5-19(27)13-16)23(30-20)24(32)33-11-10-21(29)31/h3-9,13,15,20,22-23,30H,10-12H2,1-2H3,(H2,29,31)/t20-,22-,23+,25-/m0/s1. The fourth-order valence-electron chi connectivity index (χ4n) is 4.67. The van der Waals surface area contributed by atoms with Crippen molar-refractivity contribution in [3.8, 4) is 6.07 Å². The average molecular weight is 488 g/mol. The number of amides is 1. The van der Waals surface area contributed by atoms with Crippen LogP contribution in [0, 0.1) is 17.2 Å². The number of carbonyl (C=O) groups excluding carboxylic acids is 2. The van der Waals surface area contributed by atoms with Gasteiger partial charge in [0.15, 0.2) is 0 Å². The van der Waals surface area contributed by atoms with E-state index in [0.717, 1.165) is 11.1 Å². The Bertz CT molecular complexity index is 1050. The number of carbonyl (C=O) groups is 2. The number of nitrogens with zero attached hydrogens (tertiary/aromatic N) is 1. The summed E-state index contributed by atoms with van der Waals surface area (Å²) in [5.74, 6) is -1.43. The molecule has 0 aromatic heterocycles. The number of esters is 1. The first-order valence-corrected chi connectivity index (χ1v) is 11.6. The van der Waals surface area contributed by atoms with E-state index in [1.807, 2.05) is 18.2 Å². The normalized spacial score (nSPS) is 24.4. The monoisotopic (exact) mass is 487 g/mol. The molecule has 1 amide bonds. The van der Waals surface area contributed by atoms with Crippen LogP contribution >= 0.6 is 23.2 Å². The first-order chi connectivity index (χ1) is 15.7. The molecule has 0 spiro atoms. The van der Waals surface area contributed by atoms with Gasteiger partial charge in [-0.15, -0.1) is 0 Å². The predicted molar refractivity (Wildman–Crippen MR) is 128 cm³/mol. The summed E-state index contributed by atoms with van der Waals surface area (Å²) in [5, 5.41) is 15.2. The minimum Gasteiger partial charge on any atom is -0.464 e. The molecule has 2 aromatic rings. The van der Waals surface area contributed by atoms with Crippen LogP contribution in [0.1, 0.15) is 43.7 Å². The zero-order valence-corrected chi connectivity index (χ0v) is 20.1. The van der Waals surface area contributed by atoms with Gasteiger partial charge in [-0.3, -0.25) is 14.9 Å². The van der Waals surface area contributed by atoms with Gasteiger partial charge in [0.2, 0.25) is 5.91 Å². The van der Waals surface area contributed by atoms with E-state index in [0.29, 0.717) is 16.5 Å². The van der Waals surface area contributed by atoms with Gasteiger partial charge < -0.3 is 10.5 Å². The Morgan fingerprint density at radius 3 is 2.45 bits per heavy atom. The molecule has 1 fully saturated rings. The maximum absolute atomic E-state index is 13.2. The Kier molecular flexibility index (Phi) is 8.01. The third kappa shape index (κ3) is 5.33. The molecular formula is C25H27Cl2N3O3. The van der Waals surface area contributed by atoms with Gasteiger partial charge in [0, 0.05) is 22.0 Å². The molecule has 8 heteroatoms. The van der Waals surface area contributed by atoms with E-state index in [4.69, 9.17) is 33.7 Å². The summed E-state index contributed by atoms with van der Waals surface area (Å²) in [4.78, 5) is 24.3. The van der Waals surface area contributed by atoms with Gasteiger partial charge in [-0.2, -0.15) is 5.26 Å². The van der Waals surface area contributed by atoms with Crippen molar-refractivity contribution in [2.75, 3.05) is 6.61 Å². The topological polar surface area (TPSA) is 105 Å². The lowest BCUT2D eigenvalue weighted by Gasteiger charge is -2.35. The van der Waals surface area contributed by atoms with Gasteiger partial charge in [-0.05, 0) is 47.7 Å². The molecule has 0 radical (unpaired) electrons. The van der Waals surface area contributed by atoms with E-state index in [1.54, 1.807) is 30.3 Å². The quantitative estimate of drug-likeness (QED) is 0.538. The number of hydrogen-bond acceptors (Lipinski definition) is 5. The van der Waals surface area contributed by atoms with E-state index in [2.05, 4.69) is 25.2 Å². The second-order valence-corrected chi connectivity index (χ2v) is 9.60. The number of ether oxygens (including phenoxy) is 1. The molecule has 6 nitrogen and oxygen atoms in total. The minimum absolute atomic E-state index is 0.0731. The number of halogens is 2. The number of nitriles is 1. The molecule has 1 heterocycles. The summed E-state index contributed by atoms with van der Waals surface area (Å²) in [5.41, 5.74) is 5.59. The maximum Gasteiger partial charge on any atom is 0.323 e. The molecule has 4 atom stereocenters. The van der Waals surface area contributed by atoms with Crippen molar-refractivity contribution in [1.82, 2.24) is 5.32 Å². The average Bonchev–Trinajstić information content (AvgIpc) is 3.08. The zero-order chi connectivity index (χ0) is 24.2. The number of primary amides is 1. The Balaban J connectivity index is 2.16. The predicted octanol–water partition coefficient (Wildman–Crippen LogP) is 4.34. The van der Waals surface area contributed by atoms with Gasteiger partial charge in [0.05, 0.1) is 12.5 Å². The first kappa shape index (κ1) is 25.0. The Labute approximate surface area is 204 Å². The van der Waals surface area contributed by atoms with Gasteiger partial charge in [0.1, 0.15) is 18.1 Å². The Morgan fingerprint density at radius 2 is 1.88 bits per heavy atom. The second-order valence-electron chi connectivity index (χ2n) is 8.73. The lowest BCUT2D eigenvalue weighted by atomic mass is 9.64. The summed E-state index contributed by atoms with van der Waals surface area (Å²) in [6.45, 7) is 4.01. The van der Waals surface area contributed by atoms with E-state index < -0.39 is 29.3 Å². The molecule has 0 bridgehead atoms. The van der Waals surface area contributed by atoms with Crippen molar-refractivity contribution >= 4 is 35.1 Å². The SMILES string of the molecule is CC(C)C[C@@H]1N[C@@H](C(=O)OCCC(N)=O)[C@H](c2cccc(Cl)c2)[C@@]1(C#N)c1ccc(Cl)cc1. The molecule has 1 aliphatic heterocycles. The lowest BCUT2D eigenvalue weighted by molar-refractivity contribution is -0.146. The summed E-state index contributed by atoms with van der Waals surface area (Å²) < 4.78 is 5.40. The molecule has 0 saturated carbocycles. The lowest BCUT2D eigenvalue weighted by Crippen LogP contribution is -2.42. The number of rotatable bonds is 8. The third-order valence-corrected chi connectivity index (χ3v) is 6.51. The van der Waals surface area contributed by atoms with Crippen molar-refractivity contribution in [2.45, 2.75) is 50.1 Å². The number of hydrogen-bond donors (Lipinski definition) is 2. The summed E-state index contributed by atoms with van der Waals surface area (Å²) in [6.07, 6.45) is 0.578. The molecule has 3 rings (SSSR count). The van der Waals surface area contributed by atoms with Crippen LogP contribution in [0.5, 0.6) is 0 Å². The number of benzene rings is 2. The van der Waals surface area contributed by atoms with Crippen LogP contribution in [0.25, 0.3) is 0 Å². The minimum atomic E-state index is -1.09. The van der Waals surface area contributed by atoms with Crippen molar-refractivity contribution in [3.05, 3.63) is 69.7 Å². The van der Waals surface area contributed by atoms with E-state index in [1.165, 1.54) is 0 Å². The van der Waals surface area contributed by atoms with E-state index >= 15 is 0 Å². The molecule has 1 saturated heterocycles. The molecule has 1 aliphatic rings. The highest BCUT2D eigenvalue weighted by molar-refractivity contribution is 6.30. The van der Waals surface area contributed by atoms with Crippen LogP contribution in [-0.2, 0) is 19.7 Å². The number of nitrogens with one attached hydrogen (secondary N) is 1. The highest BCUT2D eigenvalue weighted by Gasteiger charge is 2.59. The van der Waals surface area contributed by atoms with Crippen LogP contribution in [0.4, 0.5) is 0 Å². The van der Waals surface area contributed by atoms with E-state index in [-0.39, 0.29) is 25.0 Å². The maximum atomic E-state index is 13.2. The van der Waals surface area contributed by atoms with Crippen LogP contribution in [0.2, 0.25) is 10.0 Å². The third-order valence-electron chi connectivity index (χ3n) is 6.02. The molecule has 2 aromatic carbocycles.